The Hall–Kier alpha value is -1.33. The van der Waals surface area contributed by atoms with E-state index in [9.17, 15) is 4.79 Å². The van der Waals surface area contributed by atoms with E-state index in [4.69, 9.17) is 9.47 Å². The van der Waals surface area contributed by atoms with E-state index in [1.54, 1.807) is 0 Å². The third-order valence-electron chi connectivity index (χ3n) is 3.17. The molecule has 2 heterocycles. The molecule has 0 aliphatic carbocycles. The van der Waals surface area contributed by atoms with E-state index in [1.807, 2.05) is 30.8 Å². The van der Waals surface area contributed by atoms with Gasteiger partial charge in [0, 0.05) is 38.6 Å². The van der Waals surface area contributed by atoms with Gasteiger partial charge in [0.1, 0.15) is 0 Å². The molecule has 0 bridgehead atoms. The van der Waals surface area contributed by atoms with Crippen LogP contribution in [0, 0.1) is 0 Å². The van der Waals surface area contributed by atoms with Crippen LogP contribution in [0.4, 0.5) is 0 Å². The number of carbonyl (C=O) groups excluding carboxylic acids is 1. The Morgan fingerprint density at radius 3 is 2.83 bits per heavy atom. The van der Waals surface area contributed by atoms with E-state index in [1.165, 1.54) is 0 Å². The summed E-state index contributed by atoms with van der Waals surface area (Å²) < 4.78 is 12.4. The van der Waals surface area contributed by atoms with Gasteiger partial charge in [-0.1, -0.05) is 0 Å². The van der Waals surface area contributed by atoms with Gasteiger partial charge in [0.15, 0.2) is 0 Å². The molecule has 1 aromatic heterocycles. The molecule has 0 atom stereocenters. The second-order valence-electron chi connectivity index (χ2n) is 4.40. The normalized spacial score (nSPS) is 16.8. The fourth-order valence-electron chi connectivity index (χ4n) is 2.12. The fraction of sp³-hybridized carbons (Fsp3) is 0.615. The lowest BCUT2D eigenvalue weighted by Crippen LogP contribution is -2.36. The first-order valence-electron chi connectivity index (χ1n) is 6.33. The predicted octanol–water partition coefficient (Wildman–Crippen LogP) is 1.03. The number of carbonyl (C=O) groups is 1. The summed E-state index contributed by atoms with van der Waals surface area (Å²) in [6, 6.07) is 1.83. The van der Waals surface area contributed by atoms with Crippen molar-refractivity contribution in [3.05, 3.63) is 23.5 Å². The molecule has 1 aliphatic rings. The molecule has 100 valence electrons. The molecule has 0 saturated carbocycles. The van der Waals surface area contributed by atoms with Crippen LogP contribution in [0.15, 0.2) is 12.3 Å². The number of hydrogen-bond donors (Lipinski definition) is 0. The van der Waals surface area contributed by atoms with Gasteiger partial charge >= 0.3 is 5.97 Å². The van der Waals surface area contributed by atoms with E-state index in [-0.39, 0.29) is 5.97 Å². The summed E-state index contributed by atoms with van der Waals surface area (Å²) in [6.45, 7) is 6.34. The second-order valence-corrected chi connectivity index (χ2v) is 4.40. The third-order valence-corrected chi connectivity index (χ3v) is 3.17. The van der Waals surface area contributed by atoms with Crippen molar-refractivity contribution in [2.45, 2.75) is 13.5 Å². The minimum Gasteiger partial charge on any atom is -0.462 e. The van der Waals surface area contributed by atoms with Crippen LogP contribution >= 0.6 is 0 Å². The van der Waals surface area contributed by atoms with Gasteiger partial charge < -0.3 is 14.0 Å². The number of nitrogens with zero attached hydrogens (tertiary/aromatic N) is 2. The van der Waals surface area contributed by atoms with Crippen molar-refractivity contribution in [1.82, 2.24) is 9.47 Å². The highest BCUT2D eigenvalue weighted by atomic mass is 16.5. The maximum absolute atomic E-state index is 11.8. The maximum atomic E-state index is 11.8. The zero-order valence-electron chi connectivity index (χ0n) is 11.0. The molecule has 0 radical (unpaired) electrons. The smallest absolute Gasteiger partial charge is 0.340 e. The van der Waals surface area contributed by atoms with Crippen molar-refractivity contribution < 1.29 is 14.3 Å². The minimum atomic E-state index is -0.235. The zero-order valence-corrected chi connectivity index (χ0v) is 11.0. The van der Waals surface area contributed by atoms with Crippen molar-refractivity contribution in [2.24, 2.45) is 7.05 Å². The van der Waals surface area contributed by atoms with Crippen LogP contribution in [0.1, 0.15) is 23.0 Å². The zero-order chi connectivity index (χ0) is 13.0. The van der Waals surface area contributed by atoms with Crippen LogP contribution in [-0.2, 0) is 23.1 Å². The van der Waals surface area contributed by atoms with Crippen LogP contribution < -0.4 is 0 Å². The highest BCUT2D eigenvalue weighted by molar-refractivity contribution is 5.90. The summed E-state index contributed by atoms with van der Waals surface area (Å²) in [6.07, 6.45) is 1.90. The standard InChI is InChI=1S/C13H20N2O3/c1-3-18-13(16)11-4-5-14(2)12(11)10-15-6-8-17-9-7-15/h4-5H,3,6-10H2,1-2H3. The van der Waals surface area contributed by atoms with Gasteiger partial charge in [-0.15, -0.1) is 0 Å². The number of aryl methyl sites for hydroxylation is 1. The second kappa shape index (κ2) is 6.02. The number of rotatable bonds is 4. The van der Waals surface area contributed by atoms with Gasteiger partial charge in [-0.05, 0) is 13.0 Å². The Morgan fingerprint density at radius 2 is 2.17 bits per heavy atom. The Labute approximate surface area is 107 Å². The maximum Gasteiger partial charge on any atom is 0.340 e. The van der Waals surface area contributed by atoms with Crippen LogP contribution in [0.5, 0.6) is 0 Å². The van der Waals surface area contributed by atoms with E-state index >= 15 is 0 Å². The lowest BCUT2D eigenvalue weighted by Gasteiger charge is -2.27. The third kappa shape index (κ3) is 2.91. The SMILES string of the molecule is CCOC(=O)c1ccn(C)c1CN1CCOCC1. The Bertz CT molecular complexity index is 408. The molecule has 0 N–H and O–H groups in total. The minimum absolute atomic E-state index is 0.235. The average molecular weight is 252 g/mol. The molecular formula is C13H20N2O3. The first-order chi connectivity index (χ1) is 8.72. The first-order valence-corrected chi connectivity index (χ1v) is 6.33. The molecule has 5 heteroatoms. The molecule has 0 amide bonds. The van der Waals surface area contributed by atoms with Gasteiger partial charge in [0.05, 0.1) is 25.4 Å². The Morgan fingerprint density at radius 1 is 1.44 bits per heavy atom. The van der Waals surface area contributed by atoms with E-state index in [0.717, 1.165) is 38.5 Å². The Kier molecular flexibility index (Phi) is 4.38. The van der Waals surface area contributed by atoms with Crippen molar-refractivity contribution in [2.75, 3.05) is 32.9 Å². The van der Waals surface area contributed by atoms with Gasteiger partial charge in [0.25, 0.3) is 0 Å². The molecule has 1 aliphatic heterocycles. The molecule has 2 rings (SSSR count). The number of aromatic nitrogens is 1. The molecule has 5 nitrogen and oxygen atoms in total. The summed E-state index contributed by atoms with van der Waals surface area (Å²) in [5.74, 6) is -0.235. The van der Waals surface area contributed by atoms with E-state index in [0.29, 0.717) is 12.2 Å². The van der Waals surface area contributed by atoms with Gasteiger partial charge in [-0.3, -0.25) is 4.90 Å². The largest absolute Gasteiger partial charge is 0.462 e. The van der Waals surface area contributed by atoms with Gasteiger partial charge in [-0.2, -0.15) is 0 Å². The lowest BCUT2D eigenvalue weighted by molar-refractivity contribution is 0.0327. The molecule has 18 heavy (non-hydrogen) atoms. The van der Waals surface area contributed by atoms with Crippen LogP contribution in [-0.4, -0.2) is 48.3 Å². The molecule has 1 fully saturated rings. The highest BCUT2D eigenvalue weighted by Gasteiger charge is 2.19. The molecule has 0 unspecified atom stereocenters. The summed E-state index contributed by atoms with van der Waals surface area (Å²) in [5, 5.41) is 0. The van der Waals surface area contributed by atoms with E-state index < -0.39 is 0 Å². The van der Waals surface area contributed by atoms with Crippen molar-refractivity contribution in [1.29, 1.82) is 0 Å². The molecular weight excluding hydrogens is 232 g/mol. The number of ether oxygens (including phenoxy) is 2. The van der Waals surface area contributed by atoms with E-state index in [2.05, 4.69) is 4.90 Å². The molecule has 1 aromatic rings. The quantitative estimate of drug-likeness (QED) is 0.751. The molecule has 0 aromatic carbocycles. The van der Waals surface area contributed by atoms with Crippen LogP contribution in [0.3, 0.4) is 0 Å². The summed E-state index contributed by atoms with van der Waals surface area (Å²) in [4.78, 5) is 14.1. The Balaban J connectivity index is 2.10. The van der Waals surface area contributed by atoms with Crippen LogP contribution in [0.25, 0.3) is 0 Å². The summed E-state index contributed by atoms with van der Waals surface area (Å²) in [5.41, 5.74) is 1.68. The fourth-order valence-corrected chi connectivity index (χ4v) is 2.12. The number of esters is 1. The van der Waals surface area contributed by atoms with Gasteiger partial charge in [0.2, 0.25) is 0 Å². The topological polar surface area (TPSA) is 43.7 Å². The number of hydrogen-bond acceptors (Lipinski definition) is 4. The molecule has 1 saturated heterocycles. The number of morpholine rings is 1. The van der Waals surface area contributed by atoms with Crippen molar-refractivity contribution in [3.63, 3.8) is 0 Å². The monoisotopic (exact) mass is 252 g/mol. The summed E-state index contributed by atoms with van der Waals surface area (Å²) in [7, 11) is 1.96. The van der Waals surface area contributed by atoms with Crippen molar-refractivity contribution in [3.8, 4) is 0 Å². The van der Waals surface area contributed by atoms with Crippen LogP contribution in [0.2, 0.25) is 0 Å². The molecule has 0 spiro atoms. The summed E-state index contributed by atoms with van der Waals surface area (Å²) >= 11 is 0. The lowest BCUT2D eigenvalue weighted by atomic mass is 10.2. The van der Waals surface area contributed by atoms with Crippen molar-refractivity contribution >= 4 is 5.97 Å². The highest BCUT2D eigenvalue weighted by Crippen LogP contribution is 2.15. The first kappa shape index (κ1) is 13.1. The predicted molar refractivity (Wildman–Crippen MR) is 67.5 cm³/mol. The van der Waals surface area contributed by atoms with Gasteiger partial charge in [-0.25, -0.2) is 4.79 Å². The average Bonchev–Trinajstić information content (AvgIpc) is 2.73.